The number of rotatable bonds is 5. The Morgan fingerprint density at radius 1 is 1.29 bits per heavy atom. The van der Waals surface area contributed by atoms with Crippen molar-refractivity contribution in [2.75, 3.05) is 21.3 Å². The lowest BCUT2D eigenvalue weighted by molar-refractivity contribution is 0.0779. The van der Waals surface area contributed by atoms with E-state index < -0.39 is 0 Å². The number of amides is 1. The minimum Gasteiger partial charge on any atom is -0.497 e. The summed E-state index contributed by atoms with van der Waals surface area (Å²) >= 11 is 5.81. The van der Waals surface area contributed by atoms with Gasteiger partial charge in [0.15, 0.2) is 0 Å². The zero-order valence-corrected chi connectivity index (χ0v) is 12.9. The van der Waals surface area contributed by atoms with Crippen molar-refractivity contribution < 1.29 is 14.3 Å². The van der Waals surface area contributed by atoms with E-state index in [0.29, 0.717) is 28.8 Å². The van der Waals surface area contributed by atoms with Gasteiger partial charge in [-0.25, -0.2) is 0 Å². The molecule has 0 aliphatic carbocycles. The van der Waals surface area contributed by atoms with Gasteiger partial charge in [-0.05, 0) is 18.2 Å². The predicted molar refractivity (Wildman–Crippen MR) is 81.1 cm³/mol. The quantitative estimate of drug-likeness (QED) is 0.924. The molecule has 0 atom stereocenters. The molecule has 1 N–H and O–H groups in total. The van der Waals surface area contributed by atoms with Gasteiger partial charge in [0.25, 0.3) is 5.91 Å². The molecule has 2 aromatic rings. The highest BCUT2D eigenvalue weighted by molar-refractivity contribution is 6.30. The van der Waals surface area contributed by atoms with Crippen LogP contribution in [0, 0.1) is 0 Å². The summed E-state index contributed by atoms with van der Waals surface area (Å²) in [5.41, 5.74) is 1.35. The van der Waals surface area contributed by atoms with Gasteiger partial charge in [0.05, 0.1) is 19.2 Å². The average molecular weight is 309 g/mol. The van der Waals surface area contributed by atoms with E-state index in [1.54, 1.807) is 44.5 Å². The highest BCUT2D eigenvalue weighted by atomic mass is 35.5. The lowest BCUT2D eigenvalue weighted by Crippen LogP contribution is -2.26. The number of methoxy groups -OCH3 is 2. The van der Waals surface area contributed by atoms with Gasteiger partial charge in [0, 0.05) is 31.4 Å². The topological polar surface area (TPSA) is 54.6 Å². The third-order valence-electron chi connectivity index (χ3n) is 3.13. The van der Waals surface area contributed by atoms with Crippen LogP contribution in [-0.4, -0.2) is 37.1 Å². The van der Waals surface area contributed by atoms with Crippen LogP contribution < -0.4 is 9.47 Å². The number of aromatic nitrogens is 1. The maximum absolute atomic E-state index is 12.3. The molecule has 6 heteroatoms. The Kier molecular flexibility index (Phi) is 4.75. The number of aromatic amines is 1. The normalized spacial score (nSPS) is 10.3. The average Bonchev–Trinajstić information content (AvgIpc) is 2.93. The third kappa shape index (κ3) is 3.49. The molecule has 5 nitrogen and oxygen atoms in total. The van der Waals surface area contributed by atoms with Gasteiger partial charge >= 0.3 is 0 Å². The Morgan fingerprint density at radius 2 is 2.05 bits per heavy atom. The van der Waals surface area contributed by atoms with Crippen LogP contribution in [0.3, 0.4) is 0 Å². The number of halogens is 1. The lowest BCUT2D eigenvalue weighted by atomic mass is 10.1. The molecule has 0 radical (unpaired) electrons. The molecule has 0 unspecified atom stereocenters. The van der Waals surface area contributed by atoms with Crippen molar-refractivity contribution >= 4 is 17.5 Å². The first-order valence-electron chi connectivity index (χ1n) is 6.35. The zero-order valence-electron chi connectivity index (χ0n) is 12.1. The van der Waals surface area contributed by atoms with Crippen LogP contribution in [0.2, 0.25) is 5.02 Å². The summed E-state index contributed by atoms with van der Waals surface area (Å²) in [5.74, 6) is 1.25. The number of hydrogen-bond acceptors (Lipinski definition) is 3. The fourth-order valence-electron chi connectivity index (χ4n) is 2.01. The molecule has 21 heavy (non-hydrogen) atoms. The molecule has 0 fully saturated rings. The summed E-state index contributed by atoms with van der Waals surface area (Å²) in [5, 5.41) is 0.508. The molecule has 1 aromatic heterocycles. The van der Waals surface area contributed by atoms with Crippen LogP contribution in [0.15, 0.2) is 30.5 Å². The fraction of sp³-hybridized carbons (Fsp3) is 0.267. The molecule has 0 bridgehead atoms. The number of ether oxygens (including phenoxy) is 2. The second-order valence-electron chi connectivity index (χ2n) is 4.57. The SMILES string of the molecule is COc1ccc(CN(C)C(=O)c2cc(Cl)c[nH]2)c(OC)c1. The first-order chi connectivity index (χ1) is 10.0. The minimum atomic E-state index is -0.139. The van der Waals surface area contributed by atoms with Gasteiger partial charge in [0.1, 0.15) is 17.2 Å². The Hall–Kier alpha value is -2.14. The molecular weight excluding hydrogens is 292 g/mol. The Bertz CT molecular complexity index is 640. The van der Waals surface area contributed by atoms with Crippen molar-refractivity contribution in [2.45, 2.75) is 6.54 Å². The van der Waals surface area contributed by atoms with Crippen LogP contribution in [0.4, 0.5) is 0 Å². The molecular formula is C15H17ClN2O3. The van der Waals surface area contributed by atoms with Crippen molar-refractivity contribution in [3.05, 3.63) is 46.7 Å². The first-order valence-corrected chi connectivity index (χ1v) is 6.73. The van der Waals surface area contributed by atoms with Gasteiger partial charge < -0.3 is 19.4 Å². The number of carbonyl (C=O) groups is 1. The molecule has 1 heterocycles. The number of nitrogens with one attached hydrogen (secondary N) is 1. The smallest absolute Gasteiger partial charge is 0.270 e. The van der Waals surface area contributed by atoms with Crippen molar-refractivity contribution in [2.24, 2.45) is 0 Å². The molecule has 0 spiro atoms. The van der Waals surface area contributed by atoms with Crippen LogP contribution in [0.1, 0.15) is 16.1 Å². The predicted octanol–water partition coefficient (Wildman–Crippen LogP) is 2.96. The molecule has 0 saturated carbocycles. The van der Waals surface area contributed by atoms with Gasteiger partial charge in [-0.2, -0.15) is 0 Å². The number of H-pyrrole nitrogens is 1. The zero-order chi connectivity index (χ0) is 15.4. The Labute approximate surface area is 128 Å². The second-order valence-corrected chi connectivity index (χ2v) is 5.01. The largest absolute Gasteiger partial charge is 0.497 e. The summed E-state index contributed by atoms with van der Waals surface area (Å²) < 4.78 is 10.5. The standard InChI is InChI=1S/C15H17ClN2O3/c1-18(15(19)13-6-11(16)8-17-13)9-10-4-5-12(20-2)7-14(10)21-3/h4-8,17H,9H2,1-3H3. The van der Waals surface area contributed by atoms with Gasteiger partial charge in [-0.15, -0.1) is 0 Å². The number of benzene rings is 1. The number of nitrogens with zero attached hydrogens (tertiary/aromatic N) is 1. The number of hydrogen-bond donors (Lipinski definition) is 1. The van der Waals surface area contributed by atoms with Crippen molar-refractivity contribution in [3.63, 3.8) is 0 Å². The summed E-state index contributed by atoms with van der Waals surface area (Å²) in [7, 11) is 4.91. The van der Waals surface area contributed by atoms with Crippen LogP contribution >= 0.6 is 11.6 Å². The monoisotopic (exact) mass is 308 g/mol. The molecule has 0 aliphatic heterocycles. The maximum atomic E-state index is 12.3. The fourth-order valence-corrected chi connectivity index (χ4v) is 2.17. The highest BCUT2D eigenvalue weighted by Gasteiger charge is 2.16. The lowest BCUT2D eigenvalue weighted by Gasteiger charge is -2.18. The van der Waals surface area contributed by atoms with E-state index in [0.717, 1.165) is 5.56 Å². The van der Waals surface area contributed by atoms with Crippen LogP contribution in [0.25, 0.3) is 0 Å². The Morgan fingerprint density at radius 3 is 2.62 bits per heavy atom. The molecule has 2 rings (SSSR count). The Balaban J connectivity index is 2.15. The van der Waals surface area contributed by atoms with Gasteiger partial charge in [0.2, 0.25) is 0 Å². The van der Waals surface area contributed by atoms with E-state index in [4.69, 9.17) is 21.1 Å². The minimum absolute atomic E-state index is 0.139. The maximum Gasteiger partial charge on any atom is 0.270 e. The van der Waals surface area contributed by atoms with E-state index >= 15 is 0 Å². The van der Waals surface area contributed by atoms with E-state index in [1.807, 2.05) is 12.1 Å². The summed E-state index contributed by atoms with van der Waals surface area (Å²) in [6.07, 6.45) is 1.58. The van der Waals surface area contributed by atoms with E-state index in [-0.39, 0.29) is 5.91 Å². The van der Waals surface area contributed by atoms with E-state index in [1.165, 1.54) is 0 Å². The summed E-state index contributed by atoms with van der Waals surface area (Å²) in [6, 6.07) is 7.11. The van der Waals surface area contributed by atoms with E-state index in [9.17, 15) is 4.79 Å². The van der Waals surface area contributed by atoms with Crippen LogP contribution in [-0.2, 0) is 6.54 Å². The molecule has 1 aromatic carbocycles. The van der Waals surface area contributed by atoms with Gasteiger partial charge in [-0.3, -0.25) is 4.79 Å². The van der Waals surface area contributed by atoms with Crippen molar-refractivity contribution in [3.8, 4) is 11.5 Å². The molecule has 0 aliphatic rings. The number of carbonyl (C=O) groups excluding carboxylic acids is 1. The van der Waals surface area contributed by atoms with Gasteiger partial charge in [-0.1, -0.05) is 11.6 Å². The molecule has 0 saturated heterocycles. The second kappa shape index (κ2) is 6.54. The van der Waals surface area contributed by atoms with Crippen molar-refractivity contribution in [1.29, 1.82) is 0 Å². The highest BCUT2D eigenvalue weighted by Crippen LogP contribution is 2.25. The van der Waals surface area contributed by atoms with E-state index in [2.05, 4.69) is 4.98 Å². The summed E-state index contributed by atoms with van der Waals surface area (Å²) in [6.45, 7) is 0.419. The summed E-state index contributed by atoms with van der Waals surface area (Å²) in [4.78, 5) is 16.7. The van der Waals surface area contributed by atoms with Crippen LogP contribution in [0.5, 0.6) is 11.5 Å². The third-order valence-corrected chi connectivity index (χ3v) is 3.34. The first kappa shape index (κ1) is 15.3. The molecule has 1 amide bonds. The van der Waals surface area contributed by atoms with Crippen molar-refractivity contribution in [1.82, 2.24) is 9.88 Å². The molecule has 112 valence electrons.